The molecule has 0 spiro atoms. The maximum atomic E-state index is 13.9. The van der Waals surface area contributed by atoms with Crippen LogP contribution < -0.4 is 5.32 Å². The molecule has 0 saturated heterocycles. The van der Waals surface area contributed by atoms with Gasteiger partial charge < -0.3 is 5.32 Å². The zero-order valence-electron chi connectivity index (χ0n) is 11.5. The molecule has 0 aromatic heterocycles. The van der Waals surface area contributed by atoms with E-state index < -0.39 is 26.6 Å². The van der Waals surface area contributed by atoms with Crippen molar-refractivity contribution in [1.82, 2.24) is 9.62 Å². The lowest BCUT2D eigenvalue weighted by Gasteiger charge is -2.20. The number of hydrogen-bond donors (Lipinski definition) is 1. The maximum Gasteiger partial charge on any atom is 0.246 e. The van der Waals surface area contributed by atoms with Gasteiger partial charge in [-0.15, -0.1) is 0 Å². The van der Waals surface area contributed by atoms with Crippen LogP contribution in [0.2, 0.25) is 0 Å². The Morgan fingerprint density at radius 2 is 2.00 bits per heavy atom. The van der Waals surface area contributed by atoms with Crippen LogP contribution in [0.25, 0.3) is 0 Å². The summed E-state index contributed by atoms with van der Waals surface area (Å²) >= 11 is 0. The summed E-state index contributed by atoms with van der Waals surface area (Å²) in [6.07, 6.45) is 1.54. The van der Waals surface area contributed by atoms with Crippen LogP contribution in [0.1, 0.15) is 25.3 Å². The summed E-state index contributed by atoms with van der Waals surface area (Å²) < 4.78 is 53.7. The van der Waals surface area contributed by atoms with Crippen molar-refractivity contribution in [3.05, 3.63) is 29.3 Å². The zero-order chi connectivity index (χ0) is 14.9. The zero-order valence-corrected chi connectivity index (χ0v) is 12.3. The van der Waals surface area contributed by atoms with Crippen molar-refractivity contribution in [2.75, 3.05) is 13.6 Å². The molecule has 4 nitrogen and oxygen atoms in total. The van der Waals surface area contributed by atoms with Gasteiger partial charge in [0, 0.05) is 19.1 Å². The van der Waals surface area contributed by atoms with E-state index in [1.54, 1.807) is 14.0 Å². The van der Waals surface area contributed by atoms with Gasteiger partial charge >= 0.3 is 0 Å². The van der Waals surface area contributed by atoms with Crippen molar-refractivity contribution >= 4 is 10.0 Å². The largest absolute Gasteiger partial charge is 0.316 e. The highest BCUT2D eigenvalue weighted by atomic mass is 32.2. The molecule has 1 aliphatic carbocycles. The molecule has 1 aromatic rings. The van der Waals surface area contributed by atoms with E-state index in [0.717, 1.165) is 18.9 Å². The lowest BCUT2D eigenvalue weighted by molar-refractivity contribution is 0.412. The van der Waals surface area contributed by atoms with Crippen LogP contribution in [-0.2, 0) is 16.6 Å². The molecule has 0 atom stereocenters. The first kappa shape index (κ1) is 15.3. The topological polar surface area (TPSA) is 49.4 Å². The second-order valence-electron chi connectivity index (χ2n) is 4.86. The van der Waals surface area contributed by atoms with Crippen molar-refractivity contribution < 1.29 is 17.2 Å². The van der Waals surface area contributed by atoms with Crippen LogP contribution in [0.4, 0.5) is 8.78 Å². The van der Waals surface area contributed by atoms with Gasteiger partial charge in [0.25, 0.3) is 0 Å². The summed E-state index contributed by atoms with van der Waals surface area (Å²) in [6.45, 7) is 2.22. The molecule has 0 heterocycles. The predicted molar refractivity (Wildman–Crippen MR) is 71.7 cm³/mol. The molecule has 112 valence electrons. The number of rotatable bonds is 6. The highest BCUT2D eigenvalue weighted by Crippen LogP contribution is 2.33. The summed E-state index contributed by atoms with van der Waals surface area (Å²) in [6, 6.07) is 2.13. The minimum atomic E-state index is -3.99. The number of halogens is 2. The lowest BCUT2D eigenvalue weighted by atomic mass is 10.2. The van der Waals surface area contributed by atoms with Gasteiger partial charge in [-0.2, -0.15) is 4.31 Å². The van der Waals surface area contributed by atoms with E-state index in [2.05, 4.69) is 5.32 Å². The van der Waals surface area contributed by atoms with Gasteiger partial charge in [-0.05, 0) is 37.6 Å². The highest BCUT2D eigenvalue weighted by molar-refractivity contribution is 7.89. The van der Waals surface area contributed by atoms with Crippen LogP contribution in [0.15, 0.2) is 17.0 Å². The third kappa shape index (κ3) is 2.84. The fourth-order valence-corrected chi connectivity index (χ4v) is 4.04. The first-order valence-electron chi connectivity index (χ1n) is 6.56. The minimum Gasteiger partial charge on any atom is -0.316 e. The summed E-state index contributed by atoms with van der Waals surface area (Å²) in [7, 11) is -2.34. The van der Waals surface area contributed by atoms with Crippen molar-refractivity contribution in [2.24, 2.45) is 0 Å². The van der Waals surface area contributed by atoms with Crippen LogP contribution in [0, 0.1) is 11.6 Å². The van der Waals surface area contributed by atoms with E-state index in [-0.39, 0.29) is 19.1 Å². The van der Waals surface area contributed by atoms with Gasteiger partial charge in [0.2, 0.25) is 10.0 Å². The van der Waals surface area contributed by atoms with Crippen LogP contribution in [-0.4, -0.2) is 32.4 Å². The maximum absolute atomic E-state index is 13.9. The van der Waals surface area contributed by atoms with E-state index in [1.165, 1.54) is 10.4 Å². The van der Waals surface area contributed by atoms with Crippen LogP contribution >= 0.6 is 0 Å². The number of nitrogens with zero attached hydrogens (tertiary/aromatic N) is 1. The molecule has 1 aliphatic rings. The van der Waals surface area contributed by atoms with Gasteiger partial charge in [-0.25, -0.2) is 17.2 Å². The molecule has 1 saturated carbocycles. The number of benzene rings is 1. The number of sulfonamides is 1. The fraction of sp³-hybridized carbons (Fsp3) is 0.538. The van der Waals surface area contributed by atoms with Crippen molar-refractivity contribution in [1.29, 1.82) is 0 Å². The number of hydrogen-bond acceptors (Lipinski definition) is 3. The Kier molecular flexibility index (Phi) is 4.41. The van der Waals surface area contributed by atoms with Crippen LogP contribution in [0.5, 0.6) is 0 Å². The average molecular weight is 304 g/mol. The van der Waals surface area contributed by atoms with Gasteiger partial charge in [-0.3, -0.25) is 0 Å². The quantitative estimate of drug-likeness (QED) is 0.872. The molecule has 1 N–H and O–H groups in total. The molecule has 0 bridgehead atoms. The van der Waals surface area contributed by atoms with E-state index in [0.29, 0.717) is 5.56 Å². The van der Waals surface area contributed by atoms with E-state index in [1.807, 2.05) is 0 Å². The molecule has 0 aliphatic heterocycles. The first-order chi connectivity index (χ1) is 9.41. The molecule has 1 aromatic carbocycles. The van der Waals surface area contributed by atoms with Crippen molar-refractivity contribution in [2.45, 2.75) is 37.2 Å². The first-order valence-corrected chi connectivity index (χ1v) is 8.00. The standard InChI is InChI=1S/C13H18F2N2O2S/c1-3-17(10-4-5-10)20(18,19)12-7-9(8-16-2)6-11(14)13(12)15/h6-7,10,16H,3-5,8H2,1-2H3. The third-order valence-corrected chi connectivity index (χ3v) is 5.31. The Labute approximate surface area is 117 Å². The predicted octanol–water partition coefficient (Wildman–Crippen LogP) is 1.86. The average Bonchev–Trinajstić information content (AvgIpc) is 3.18. The van der Waals surface area contributed by atoms with Gasteiger partial charge in [0.05, 0.1) is 0 Å². The molecule has 7 heteroatoms. The summed E-state index contributed by atoms with van der Waals surface area (Å²) in [5.41, 5.74) is 0.400. The Balaban J connectivity index is 2.49. The summed E-state index contributed by atoms with van der Waals surface area (Å²) in [4.78, 5) is -0.573. The van der Waals surface area contributed by atoms with Gasteiger partial charge in [-0.1, -0.05) is 6.92 Å². The normalized spacial score (nSPS) is 15.8. The Morgan fingerprint density at radius 1 is 1.35 bits per heavy atom. The second-order valence-corrected chi connectivity index (χ2v) is 6.72. The molecular weight excluding hydrogens is 286 g/mol. The Hall–Kier alpha value is -1.05. The van der Waals surface area contributed by atoms with Crippen molar-refractivity contribution in [3.8, 4) is 0 Å². The second kappa shape index (κ2) is 5.75. The third-order valence-electron chi connectivity index (χ3n) is 3.29. The Bertz CT molecular complexity index is 601. The summed E-state index contributed by atoms with van der Waals surface area (Å²) in [5.74, 6) is -2.44. The minimum absolute atomic E-state index is 0.0829. The Morgan fingerprint density at radius 3 is 2.50 bits per heavy atom. The van der Waals surface area contributed by atoms with E-state index in [4.69, 9.17) is 0 Å². The lowest BCUT2D eigenvalue weighted by Crippen LogP contribution is -2.33. The molecular formula is C13H18F2N2O2S. The van der Waals surface area contributed by atoms with E-state index >= 15 is 0 Å². The van der Waals surface area contributed by atoms with E-state index in [9.17, 15) is 17.2 Å². The molecule has 0 radical (unpaired) electrons. The fourth-order valence-electron chi connectivity index (χ4n) is 2.22. The highest BCUT2D eigenvalue weighted by Gasteiger charge is 2.38. The number of nitrogens with one attached hydrogen (secondary N) is 1. The molecule has 0 amide bonds. The smallest absolute Gasteiger partial charge is 0.246 e. The van der Waals surface area contributed by atoms with Gasteiger partial charge in [0.15, 0.2) is 11.6 Å². The van der Waals surface area contributed by atoms with Crippen LogP contribution in [0.3, 0.4) is 0 Å². The molecule has 0 unspecified atom stereocenters. The van der Waals surface area contributed by atoms with Gasteiger partial charge in [0.1, 0.15) is 4.90 Å². The molecule has 1 fully saturated rings. The SMILES string of the molecule is CCN(C1CC1)S(=O)(=O)c1cc(CNC)cc(F)c1F. The molecule has 20 heavy (non-hydrogen) atoms. The van der Waals surface area contributed by atoms with Crippen molar-refractivity contribution in [3.63, 3.8) is 0 Å². The molecule has 2 rings (SSSR count). The monoisotopic (exact) mass is 304 g/mol. The summed E-state index contributed by atoms with van der Waals surface area (Å²) in [5, 5.41) is 2.79.